The van der Waals surface area contributed by atoms with Gasteiger partial charge in [-0.2, -0.15) is 0 Å². The third-order valence-corrected chi connectivity index (χ3v) is 7.98. The van der Waals surface area contributed by atoms with Gasteiger partial charge in [-0.05, 0) is 49.1 Å². The number of ether oxygens (including phenoxy) is 2. The van der Waals surface area contributed by atoms with Gasteiger partial charge in [-0.25, -0.2) is 13.6 Å². The fraction of sp³-hybridized carbons (Fsp3) is 0.483. The van der Waals surface area contributed by atoms with Gasteiger partial charge in [0, 0.05) is 35.5 Å². The van der Waals surface area contributed by atoms with Gasteiger partial charge in [-0.3, -0.25) is 9.59 Å². The van der Waals surface area contributed by atoms with E-state index in [0.717, 1.165) is 31.4 Å². The predicted octanol–water partition coefficient (Wildman–Crippen LogP) is 1.89. The Morgan fingerprint density at radius 2 is 1.81 bits per heavy atom. The molecular formula is C29H33ClF2N2O9. The van der Waals surface area contributed by atoms with Gasteiger partial charge in [0.15, 0.2) is 11.6 Å². The molecule has 2 aromatic rings. The number of halogens is 3. The van der Waals surface area contributed by atoms with Gasteiger partial charge in [-0.15, -0.1) is 0 Å². The van der Waals surface area contributed by atoms with Gasteiger partial charge in [0.25, 0.3) is 11.7 Å². The number of aliphatic hydroxyl groups excluding tert-OH is 3. The molecule has 0 aromatic heterocycles. The molecule has 6 N–H and O–H groups in total. The molecule has 234 valence electrons. The smallest absolute Gasteiger partial charge is 0.364 e. The maximum atomic E-state index is 14.3. The maximum Gasteiger partial charge on any atom is 0.364 e. The number of carboxylic acids is 1. The molecule has 2 fully saturated rings. The van der Waals surface area contributed by atoms with Crippen molar-refractivity contribution in [2.75, 3.05) is 6.54 Å². The van der Waals surface area contributed by atoms with Crippen LogP contribution in [0.1, 0.15) is 48.0 Å². The van der Waals surface area contributed by atoms with Gasteiger partial charge < -0.3 is 40.5 Å². The average Bonchev–Trinajstić information content (AvgIpc) is 2.95. The molecule has 11 nitrogen and oxygen atoms in total. The minimum Gasteiger partial charge on any atom is -0.477 e. The molecule has 1 heterocycles. The van der Waals surface area contributed by atoms with E-state index in [1.807, 2.05) is 0 Å². The van der Waals surface area contributed by atoms with Crippen molar-refractivity contribution in [2.24, 2.45) is 5.92 Å². The molecule has 0 bridgehead atoms. The normalized spacial score (nSPS) is 25.3. The van der Waals surface area contributed by atoms with E-state index >= 15 is 0 Å². The summed E-state index contributed by atoms with van der Waals surface area (Å²) in [5, 5.41) is 48.4. The van der Waals surface area contributed by atoms with Crippen molar-refractivity contribution in [2.45, 2.75) is 75.0 Å². The number of amides is 2. The molecule has 1 saturated heterocycles. The van der Waals surface area contributed by atoms with E-state index in [9.17, 15) is 43.6 Å². The monoisotopic (exact) mass is 626 g/mol. The Hall–Kier alpha value is -3.20. The first-order valence-corrected chi connectivity index (χ1v) is 14.1. The van der Waals surface area contributed by atoms with Gasteiger partial charge >= 0.3 is 5.97 Å². The van der Waals surface area contributed by atoms with Crippen LogP contribution in [0.2, 0.25) is 5.02 Å². The van der Waals surface area contributed by atoms with Gasteiger partial charge in [0.2, 0.25) is 5.91 Å². The zero-order chi connectivity index (χ0) is 31.3. The quantitative estimate of drug-likeness (QED) is 0.206. The number of aliphatic hydroxyl groups is 3. The van der Waals surface area contributed by atoms with E-state index in [4.69, 9.17) is 21.1 Å². The number of benzene rings is 2. The first-order valence-electron chi connectivity index (χ1n) is 13.8. The molecule has 0 spiro atoms. The first kappa shape index (κ1) is 32.7. The fourth-order valence-electron chi connectivity index (χ4n) is 5.01. The highest BCUT2D eigenvalue weighted by atomic mass is 35.5. The zero-order valence-electron chi connectivity index (χ0n) is 22.9. The summed E-state index contributed by atoms with van der Waals surface area (Å²) in [7, 11) is 0. The van der Waals surface area contributed by atoms with Crippen LogP contribution >= 0.6 is 11.6 Å². The molecule has 2 aliphatic rings. The first-order chi connectivity index (χ1) is 20.4. The maximum absolute atomic E-state index is 14.3. The van der Waals surface area contributed by atoms with E-state index in [0.29, 0.717) is 5.02 Å². The predicted molar refractivity (Wildman–Crippen MR) is 147 cm³/mol. The summed E-state index contributed by atoms with van der Waals surface area (Å²) in [5.74, 6) is -7.87. The lowest BCUT2D eigenvalue weighted by molar-refractivity contribution is -0.314. The fourth-order valence-corrected chi connectivity index (χ4v) is 5.14. The van der Waals surface area contributed by atoms with E-state index in [1.165, 1.54) is 30.3 Å². The second-order valence-corrected chi connectivity index (χ2v) is 11.2. The van der Waals surface area contributed by atoms with Gasteiger partial charge in [-0.1, -0.05) is 30.2 Å². The molecule has 2 aromatic carbocycles. The van der Waals surface area contributed by atoms with Crippen molar-refractivity contribution in [1.82, 2.24) is 10.6 Å². The van der Waals surface area contributed by atoms with Crippen LogP contribution < -0.4 is 10.6 Å². The van der Waals surface area contributed by atoms with E-state index in [-0.39, 0.29) is 23.5 Å². The summed E-state index contributed by atoms with van der Waals surface area (Å²) < 4.78 is 39.1. The summed E-state index contributed by atoms with van der Waals surface area (Å²) in [5.41, 5.74) is -0.129. The van der Waals surface area contributed by atoms with Crippen molar-refractivity contribution in [3.05, 3.63) is 70.2 Å². The van der Waals surface area contributed by atoms with Crippen molar-refractivity contribution >= 4 is 29.4 Å². The second kappa shape index (κ2) is 14.1. The van der Waals surface area contributed by atoms with Gasteiger partial charge in [0.1, 0.15) is 12.2 Å². The minimum atomic E-state index is -2.69. The molecule has 1 saturated carbocycles. The zero-order valence-corrected chi connectivity index (χ0v) is 23.7. The molecular weight excluding hydrogens is 594 g/mol. The number of hydrogen-bond acceptors (Lipinski definition) is 8. The number of carbonyl (C=O) groups is 3. The van der Waals surface area contributed by atoms with Crippen LogP contribution in [0.3, 0.4) is 0 Å². The lowest BCUT2D eigenvalue weighted by Gasteiger charge is -2.46. The largest absolute Gasteiger partial charge is 0.477 e. The van der Waals surface area contributed by atoms with Crippen LogP contribution in [0.4, 0.5) is 8.78 Å². The Morgan fingerprint density at radius 1 is 1.12 bits per heavy atom. The number of rotatable bonds is 12. The summed E-state index contributed by atoms with van der Waals surface area (Å²) in [6.07, 6.45) is -5.15. The molecule has 1 aliphatic heterocycles. The second-order valence-electron chi connectivity index (χ2n) is 10.8. The van der Waals surface area contributed by atoms with Crippen LogP contribution in [0.5, 0.6) is 0 Å². The molecule has 6 atom stereocenters. The molecule has 4 rings (SSSR count). The van der Waals surface area contributed by atoms with Crippen molar-refractivity contribution < 1.29 is 53.1 Å². The number of carboxylic acid groups (broad SMARTS) is 1. The summed E-state index contributed by atoms with van der Waals surface area (Å²) in [4.78, 5) is 37.7. The number of hydrogen-bond donors (Lipinski definition) is 6. The third-order valence-electron chi connectivity index (χ3n) is 7.73. The van der Waals surface area contributed by atoms with Gasteiger partial charge in [0.05, 0.1) is 24.9 Å². The number of aliphatic carboxylic acids is 1. The highest BCUT2D eigenvalue weighted by Crippen LogP contribution is 2.35. The molecule has 0 radical (unpaired) electrons. The Labute approximate surface area is 250 Å². The van der Waals surface area contributed by atoms with E-state index in [2.05, 4.69) is 10.6 Å². The molecule has 2 amide bonds. The SMILES string of the molecule is O=C(CC1CCC1)N[C@H]1[C@H]([C@H](O)[C@H](O)CNC(=O)c2ccc(Cl)cc2)O[C@@](OCc2cccc(F)c2F)(C(=O)O)C[C@@H]1O. The molecule has 1 aliphatic carbocycles. The Morgan fingerprint density at radius 3 is 2.44 bits per heavy atom. The third kappa shape index (κ3) is 7.85. The van der Waals surface area contributed by atoms with Crippen molar-refractivity contribution in [1.29, 1.82) is 0 Å². The van der Waals surface area contributed by atoms with Crippen LogP contribution in [0, 0.1) is 17.6 Å². The van der Waals surface area contributed by atoms with Crippen LogP contribution in [-0.4, -0.2) is 81.0 Å². The number of carbonyl (C=O) groups excluding carboxylic acids is 2. The van der Waals surface area contributed by atoms with E-state index in [1.54, 1.807) is 0 Å². The lowest BCUT2D eigenvalue weighted by atomic mass is 9.82. The number of nitrogens with one attached hydrogen (secondary N) is 2. The van der Waals surface area contributed by atoms with E-state index < -0.39 is 85.2 Å². The topological polar surface area (TPSA) is 175 Å². The summed E-state index contributed by atoms with van der Waals surface area (Å²) in [6.45, 7) is -1.32. The lowest BCUT2D eigenvalue weighted by Crippen LogP contribution is -2.68. The van der Waals surface area contributed by atoms with Crippen LogP contribution in [-0.2, 0) is 25.7 Å². The average molecular weight is 627 g/mol. The van der Waals surface area contributed by atoms with Crippen LogP contribution in [0.25, 0.3) is 0 Å². The molecule has 14 heteroatoms. The Bertz CT molecular complexity index is 1310. The summed E-state index contributed by atoms with van der Waals surface area (Å²) in [6, 6.07) is 7.67. The van der Waals surface area contributed by atoms with Crippen molar-refractivity contribution in [3.63, 3.8) is 0 Å². The Kier molecular flexibility index (Phi) is 10.7. The summed E-state index contributed by atoms with van der Waals surface area (Å²) >= 11 is 5.83. The molecule has 43 heavy (non-hydrogen) atoms. The van der Waals surface area contributed by atoms with Crippen LogP contribution in [0.15, 0.2) is 42.5 Å². The highest BCUT2D eigenvalue weighted by Gasteiger charge is 2.56. The highest BCUT2D eigenvalue weighted by molar-refractivity contribution is 6.30. The minimum absolute atomic E-state index is 0.130. The standard InChI is InChI=1S/C29H33ClF2N2O9/c30-18-9-7-16(8-10-18)27(39)33-13-21(36)25(38)26-24(34-22(37)11-15-3-1-4-15)20(35)12-29(43-26,28(40)41)42-14-17-5-2-6-19(31)23(17)32/h2,5-10,15,20-21,24-26,35-36,38H,1,3-4,11-14H2,(H,33,39)(H,34,37)(H,40,41)/t20-,21+,24+,25+,26+,29+/m0/s1. The molecule has 0 unspecified atom stereocenters. The van der Waals surface area contributed by atoms with Crippen molar-refractivity contribution in [3.8, 4) is 0 Å². The Balaban J connectivity index is 1.53.